The number of fused-ring (bicyclic) bond motifs is 2. The molecule has 0 spiro atoms. The molecule has 1 aromatic carbocycles. The van der Waals surface area contributed by atoms with E-state index in [0.29, 0.717) is 17.0 Å². The van der Waals surface area contributed by atoms with E-state index < -0.39 is 23.9 Å². The third-order valence-corrected chi connectivity index (χ3v) is 4.97. The van der Waals surface area contributed by atoms with Crippen molar-refractivity contribution in [2.24, 2.45) is 5.73 Å². The van der Waals surface area contributed by atoms with Crippen LogP contribution in [0, 0.1) is 0 Å². The lowest BCUT2D eigenvalue weighted by Crippen LogP contribution is -2.40. The summed E-state index contributed by atoms with van der Waals surface area (Å²) >= 11 is 0. The highest BCUT2D eigenvalue weighted by Gasteiger charge is 2.54. The molecule has 30 heavy (non-hydrogen) atoms. The Morgan fingerprint density at radius 1 is 1.33 bits per heavy atom. The van der Waals surface area contributed by atoms with Gasteiger partial charge in [-0.2, -0.15) is 0 Å². The van der Waals surface area contributed by atoms with Crippen LogP contribution in [0.25, 0.3) is 10.8 Å². The first kappa shape index (κ1) is 20.4. The number of carbonyl (C=O) groups is 2. The van der Waals surface area contributed by atoms with Crippen molar-refractivity contribution in [2.75, 3.05) is 6.61 Å². The van der Waals surface area contributed by atoms with Gasteiger partial charge in [-0.05, 0) is 51.3 Å². The molecule has 1 aromatic heterocycles. The molecule has 0 unspecified atom stereocenters. The molecule has 3 atom stereocenters. The lowest BCUT2D eigenvalue weighted by molar-refractivity contribution is -0.163. The van der Waals surface area contributed by atoms with Crippen LogP contribution >= 0.6 is 0 Å². The van der Waals surface area contributed by atoms with E-state index in [1.807, 2.05) is 13.8 Å². The van der Waals surface area contributed by atoms with Gasteiger partial charge in [-0.1, -0.05) is 0 Å². The second-order valence-corrected chi connectivity index (χ2v) is 8.16. The second-order valence-electron chi connectivity index (χ2n) is 8.16. The van der Waals surface area contributed by atoms with Crippen LogP contribution in [-0.2, 0) is 14.3 Å². The Morgan fingerprint density at radius 2 is 2.10 bits per heavy atom. The largest absolute Gasteiger partial charge is 0.490 e. The summed E-state index contributed by atoms with van der Waals surface area (Å²) in [6, 6.07) is 4.75. The number of rotatable bonds is 6. The molecule has 9 nitrogen and oxygen atoms in total. The van der Waals surface area contributed by atoms with Gasteiger partial charge < -0.3 is 30.0 Å². The van der Waals surface area contributed by atoms with E-state index in [0.717, 1.165) is 5.39 Å². The van der Waals surface area contributed by atoms with Crippen LogP contribution in [0.2, 0.25) is 0 Å². The van der Waals surface area contributed by atoms with E-state index in [4.69, 9.17) is 24.7 Å². The lowest BCUT2D eigenvalue weighted by Gasteiger charge is -2.22. The number of pyridine rings is 1. The zero-order chi connectivity index (χ0) is 21.6. The van der Waals surface area contributed by atoms with E-state index in [-0.39, 0.29) is 30.2 Å². The number of nitrogens with zero attached hydrogens (tertiary/aromatic N) is 1. The van der Waals surface area contributed by atoms with Crippen LogP contribution in [0.5, 0.6) is 11.6 Å². The first-order valence-corrected chi connectivity index (χ1v) is 9.82. The van der Waals surface area contributed by atoms with Gasteiger partial charge in [-0.15, -0.1) is 0 Å². The van der Waals surface area contributed by atoms with Gasteiger partial charge in [0, 0.05) is 11.6 Å². The summed E-state index contributed by atoms with van der Waals surface area (Å²) in [7, 11) is 0. The van der Waals surface area contributed by atoms with Crippen LogP contribution in [0.4, 0.5) is 0 Å². The molecular formula is C21H25N3O6. The minimum atomic E-state index is -0.822. The Hall–Kier alpha value is -2.91. The second kappa shape index (κ2) is 7.41. The number of nitrogens with two attached hydrogens (primary N) is 1. The summed E-state index contributed by atoms with van der Waals surface area (Å²) in [5.74, 6) is -0.896. The first-order chi connectivity index (χ1) is 14.1. The van der Waals surface area contributed by atoms with Crippen molar-refractivity contribution in [2.45, 2.75) is 57.8 Å². The summed E-state index contributed by atoms with van der Waals surface area (Å²) < 4.78 is 23.2. The molecule has 2 aliphatic heterocycles. The molecule has 0 radical (unpaired) electrons. The highest BCUT2D eigenvalue weighted by Crippen LogP contribution is 2.35. The van der Waals surface area contributed by atoms with Gasteiger partial charge in [0.2, 0.25) is 5.88 Å². The Morgan fingerprint density at radius 3 is 2.80 bits per heavy atom. The van der Waals surface area contributed by atoms with Crippen molar-refractivity contribution < 1.29 is 28.5 Å². The molecule has 0 saturated carbocycles. The Balaban J connectivity index is 1.60. The van der Waals surface area contributed by atoms with E-state index >= 15 is 0 Å². The maximum atomic E-state index is 12.2. The lowest BCUT2D eigenvalue weighted by atomic mass is 10.1. The minimum absolute atomic E-state index is 0.143. The van der Waals surface area contributed by atoms with Gasteiger partial charge in [0.1, 0.15) is 18.5 Å². The molecular weight excluding hydrogens is 390 g/mol. The summed E-state index contributed by atoms with van der Waals surface area (Å²) in [6.45, 7) is 7.42. The fourth-order valence-electron chi connectivity index (χ4n) is 3.77. The van der Waals surface area contributed by atoms with Crippen molar-refractivity contribution in [3.05, 3.63) is 30.0 Å². The van der Waals surface area contributed by atoms with Crippen molar-refractivity contribution in [3.8, 4) is 11.6 Å². The van der Waals surface area contributed by atoms with Crippen molar-refractivity contribution in [1.82, 2.24) is 10.3 Å². The summed E-state index contributed by atoms with van der Waals surface area (Å²) in [5.41, 5.74) is 5.80. The minimum Gasteiger partial charge on any atom is -0.490 e. The quantitative estimate of drug-likeness (QED) is 0.733. The molecule has 160 valence electrons. The fraction of sp³-hybridized carbons (Fsp3) is 0.476. The molecule has 4 rings (SSSR count). The topological polar surface area (TPSA) is 122 Å². The van der Waals surface area contributed by atoms with E-state index in [1.54, 1.807) is 38.2 Å². The number of aromatic nitrogens is 1. The summed E-state index contributed by atoms with van der Waals surface area (Å²) in [5, 5.41) is 4.25. The van der Waals surface area contributed by atoms with E-state index in [2.05, 4.69) is 10.3 Å². The smallest absolute Gasteiger partial charge is 0.252 e. The SMILES string of the molecule is CC(C)Oc1cc2c(OC[C@H]3NC(=O)[C@@H]4OC(C)(C)O[C@H]34)nccc2cc1C(N)=O. The zero-order valence-corrected chi connectivity index (χ0v) is 17.3. The first-order valence-electron chi connectivity index (χ1n) is 9.82. The number of amides is 2. The van der Waals surface area contributed by atoms with Gasteiger partial charge in [-0.25, -0.2) is 4.98 Å². The molecule has 3 N–H and O–H groups in total. The standard InChI is InChI=1S/C21H25N3O6/c1-10(2)28-15-8-12-11(7-13(15)18(22)25)5-6-23-20(12)27-9-14-16-17(19(26)24-14)30-21(3,4)29-16/h5-8,10,14,16-17H,9H2,1-4H3,(H2,22,25)(H,24,26)/t14-,16-,17-/m1/s1. The molecule has 9 heteroatoms. The molecule has 2 amide bonds. The van der Waals surface area contributed by atoms with Crippen LogP contribution < -0.4 is 20.5 Å². The molecule has 3 heterocycles. The van der Waals surface area contributed by atoms with Gasteiger partial charge in [0.05, 0.1) is 17.7 Å². The molecule has 0 bridgehead atoms. The third-order valence-electron chi connectivity index (χ3n) is 4.97. The van der Waals surface area contributed by atoms with Gasteiger partial charge in [0.25, 0.3) is 11.8 Å². The molecule has 0 aliphatic carbocycles. The van der Waals surface area contributed by atoms with Crippen LogP contribution in [0.1, 0.15) is 38.1 Å². The Kier molecular flexibility index (Phi) is 5.03. The molecule has 2 saturated heterocycles. The fourth-order valence-corrected chi connectivity index (χ4v) is 3.77. The number of hydrogen-bond donors (Lipinski definition) is 2. The normalized spacial score (nSPS) is 24.7. The van der Waals surface area contributed by atoms with E-state index in [1.165, 1.54) is 0 Å². The zero-order valence-electron chi connectivity index (χ0n) is 17.3. The average Bonchev–Trinajstić information content (AvgIpc) is 3.12. The third kappa shape index (κ3) is 3.78. The Labute approximate surface area is 173 Å². The number of ether oxygens (including phenoxy) is 4. The average molecular weight is 415 g/mol. The van der Waals surface area contributed by atoms with Crippen molar-refractivity contribution in [3.63, 3.8) is 0 Å². The Bertz CT molecular complexity index is 1010. The van der Waals surface area contributed by atoms with E-state index in [9.17, 15) is 9.59 Å². The maximum absolute atomic E-state index is 12.2. The predicted octanol–water partition coefficient (Wildman–Crippen LogP) is 1.52. The van der Waals surface area contributed by atoms with Crippen LogP contribution in [0.15, 0.2) is 24.4 Å². The predicted molar refractivity (Wildman–Crippen MR) is 107 cm³/mol. The maximum Gasteiger partial charge on any atom is 0.252 e. The van der Waals surface area contributed by atoms with Crippen LogP contribution in [-0.4, -0.2) is 53.5 Å². The van der Waals surface area contributed by atoms with Gasteiger partial charge in [0.15, 0.2) is 11.9 Å². The highest BCUT2D eigenvalue weighted by atomic mass is 16.8. The number of nitrogens with one attached hydrogen (secondary N) is 1. The number of primary amides is 1. The van der Waals surface area contributed by atoms with Gasteiger partial charge in [-0.3, -0.25) is 9.59 Å². The number of carbonyl (C=O) groups excluding carboxylic acids is 2. The molecule has 2 aliphatic rings. The number of hydrogen-bond acceptors (Lipinski definition) is 7. The van der Waals surface area contributed by atoms with Crippen molar-refractivity contribution >= 4 is 22.6 Å². The summed E-state index contributed by atoms with van der Waals surface area (Å²) in [4.78, 5) is 28.3. The number of benzene rings is 1. The van der Waals surface area contributed by atoms with Crippen LogP contribution in [0.3, 0.4) is 0 Å². The molecule has 2 aromatic rings. The monoisotopic (exact) mass is 415 g/mol. The van der Waals surface area contributed by atoms with Gasteiger partial charge >= 0.3 is 0 Å². The molecule has 2 fully saturated rings. The highest BCUT2D eigenvalue weighted by molar-refractivity contribution is 6.01. The van der Waals surface area contributed by atoms with Crippen molar-refractivity contribution in [1.29, 1.82) is 0 Å². The summed E-state index contributed by atoms with van der Waals surface area (Å²) in [6.07, 6.45) is 0.344.